The number of amides is 4. The molecule has 2 heterocycles. The highest BCUT2D eigenvalue weighted by atomic mass is 32.2. The summed E-state index contributed by atoms with van der Waals surface area (Å²) >= 11 is 0. The van der Waals surface area contributed by atoms with E-state index in [4.69, 9.17) is 4.74 Å². The Hall–Kier alpha value is -4.21. The summed E-state index contributed by atoms with van der Waals surface area (Å²) in [6.45, 7) is 6.88. The zero-order valence-corrected chi connectivity index (χ0v) is 30.8. The first-order valence-electron chi connectivity index (χ1n) is 17.8. The molecule has 11 nitrogen and oxygen atoms in total. The van der Waals surface area contributed by atoms with Gasteiger partial charge in [-0.25, -0.2) is 17.6 Å². The maximum atomic E-state index is 14.5. The minimum absolute atomic E-state index is 0.0387. The van der Waals surface area contributed by atoms with E-state index in [0.717, 1.165) is 12.1 Å². The van der Waals surface area contributed by atoms with Crippen molar-refractivity contribution in [3.63, 3.8) is 0 Å². The summed E-state index contributed by atoms with van der Waals surface area (Å²) in [5.41, 5.74) is -1.99. The third-order valence-corrected chi connectivity index (χ3v) is 12.7. The molecule has 288 valence electrons. The second kappa shape index (κ2) is 13.9. The van der Waals surface area contributed by atoms with E-state index >= 15 is 0 Å². The van der Waals surface area contributed by atoms with Crippen molar-refractivity contribution in [2.75, 3.05) is 6.54 Å². The molecule has 1 saturated heterocycles. The van der Waals surface area contributed by atoms with Crippen LogP contribution in [0.1, 0.15) is 82.1 Å². The largest absolute Gasteiger partial charge is 0.444 e. The Morgan fingerprint density at radius 3 is 2.34 bits per heavy atom. The van der Waals surface area contributed by atoms with E-state index in [-0.39, 0.29) is 50.4 Å². The lowest BCUT2D eigenvalue weighted by molar-refractivity contribution is -0.145. The van der Waals surface area contributed by atoms with Crippen LogP contribution in [0.5, 0.6) is 0 Å². The molecule has 4 amide bonds. The van der Waals surface area contributed by atoms with E-state index in [1.165, 1.54) is 34.1 Å². The predicted octanol–water partition coefficient (Wildman–Crippen LogP) is 5.06. The number of benzene rings is 2. The number of halogens is 4. The van der Waals surface area contributed by atoms with Gasteiger partial charge in [0, 0.05) is 24.4 Å². The maximum Gasteiger partial charge on any atom is 0.416 e. The highest BCUT2D eigenvalue weighted by Crippen LogP contribution is 2.47. The third-order valence-electron chi connectivity index (χ3n) is 10.9. The molecule has 2 saturated carbocycles. The maximum absolute atomic E-state index is 14.5. The molecule has 0 aromatic heterocycles. The van der Waals surface area contributed by atoms with Gasteiger partial charge in [0.1, 0.15) is 23.5 Å². The van der Waals surface area contributed by atoms with Crippen LogP contribution < -0.4 is 10.0 Å². The molecule has 2 aliphatic heterocycles. The summed E-state index contributed by atoms with van der Waals surface area (Å²) in [4.78, 5) is 58.1. The van der Waals surface area contributed by atoms with Gasteiger partial charge >= 0.3 is 12.3 Å². The topological polar surface area (TPSA) is 142 Å². The Kier molecular flexibility index (Phi) is 10.1. The lowest BCUT2D eigenvalue weighted by Crippen LogP contribution is -2.57. The standard InChI is InChI=1S/C37H44F4N4O7S/c1-5-23-17-36(23,33(48)43-53(50,51)26-12-13-26)42-31(46)30-16-25(52-34(49)44-18-22-9-7-11-29(38)27(22)20-44)19-45(30)32(47)28(35(2,3)4)15-21-8-6-10-24(14-21)37(39,40)41/h6-11,14,23,25-26,28,30H,5,12-13,15-20H2,1-4H3,(H,42,46)(H,43,48)/t23-,25-,28-,30+,36-/m1/s1. The van der Waals surface area contributed by atoms with Gasteiger partial charge in [0.25, 0.3) is 5.91 Å². The van der Waals surface area contributed by atoms with E-state index in [9.17, 15) is 45.2 Å². The first kappa shape index (κ1) is 38.5. The number of hydrogen-bond acceptors (Lipinski definition) is 7. The van der Waals surface area contributed by atoms with Crippen LogP contribution in [0.15, 0.2) is 42.5 Å². The normalized spacial score (nSPS) is 24.7. The van der Waals surface area contributed by atoms with Crippen molar-refractivity contribution in [2.45, 2.75) is 108 Å². The molecular formula is C37H44F4N4O7S. The van der Waals surface area contributed by atoms with E-state index in [1.807, 2.05) is 0 Å². The fourth-order valence-electron chi connectivity index (χ4n) is 7.47. The molecular weight excluding hydrogens is 720 g/mol. The molecule has 2 aliphatic carbocycles. The second-order valence-corrected chi connectivity index (χ2v) is 17.7. The van der Waals surface area contributed by atoms with Gasteiger partial charge in [-0.1, -0.05) is 64.4 Å². The zero-order valence-electron chi connectivity index (χ0n) is 30.0. The van der Waals surface area contributed by atoms with Crippen LogP contribution in [0.25, 0.3) is 0 Å². The van der Waals surface area contributed by atoms with Crippen LogP contribution in [-0.4, -0.2) is 71.5 Å². The van der Waals surface area contributed by atoms with Crippen molar-refractivity contribution < 1.29 is 49.9 Å². The molecule has 0 bridgehead atoms. The van der Waals surface area contributed by atoms with Crippen molar-refractivity contribution in [1.82, 2.24) is 19.8 Å². The number of fused-ring (bicyclic) bond motifs is 1. The average Bonchev–Trinajstić information content (AvgIpc) is 3.97. The van der Waals surface area contributed by atoms with E-state index in [0.29, 0.717) is 30.4 Å². The molecule has 0 unspecified atom stereocenters. The monoisotopic (exact) mass is 764 g/mol. The minimum atomic E-state index is -4.60. The Bertz CT molecular complexity index is 1910. The highest BCUT2D eigenvalue weighted by Gasteiger charge is 2.62. The molecule has 2 aromatic rings. The molecule has 0 radical (unpaired) electrons. The minimum Gasteiger partial charge on any atom is -0.444 e. The zero-order chi connectivity index (χ0) is 38.7. The lowest BCUT2D eigenvalue weighted by Gasteiger charge is -2.35. The van der Waals surface area contributed by atoms with Gasteiger partial charge in [0.2, 0.25) is 21.8 Å². The molecule has 53 heavy (non-hydrogen) atoms. The van der Waals surface area contributed by atoms with Gasteiger partial charge in [-0.15, -0.1) is 0 Å². The van der Waals surface area contributed by atoms with Crippen LogP contribution in [-0.2, 0) is 54.8 Å². The average molecular weight is 765 g/mol. The summed E-state index contributed by atoms with van der Waals surface area (Å²) < 4.78 is 88.4. The molecule has 3 fully saturated rings. The number of nitrogens with one attached hydrogen (secondary N) is 2. The predicted molar refractivity (Wildman–Crippen MR) is 183 cm³/mol. The van der Waals surface area contributed by atoms with Crippen LogP contribution in [0.2, 0.25) is 0 Å². The smallest absolute Gasteiger partial charge is 0.416 e. The molecule has 6 rings (SSSR count). The number of nitrogens with zero attached hydrogens (tertiary/aromatic N) is 2. The summed E-state index contributed by atoms with van der Waals surface area (Å²) in [5, 5.41) is 2.07. The molecule has 2 N–H and O–H groups in total. The first-order chi connectivity index (χ1) is 24.7. The summed E-state index contributed by atoms with van der Waals surface area (Å²) in [5.74, 6) is -3.95. The number of likely N-dealkylation sites (tertiary alicyclic amines) is 1. The molecule has 16 heteroatoms. The second-order valence-electron chi connectivity index (χ2n) is 15.7. The summed E-state index contributed by atoms with van der Waals surface area (Å²) in [6, 6.07) is 7.93. The quantitative estimate of drug-likeness (QED) is 0.322. The third kappa shape index (κ3) is 8.02. The van der Waals surface area contributed by atoms with Crippen LogP contribution in [0.3, 0.4) is 0 Å². The van der Waals surface area contributed by atoms with E-state index < -0.39 is 85.7 Å². The van der Waals surface area contributed by atoms with Gasteiger partial charge in [0.15, 0.2) is 0 Å². The Morgan fingerprint density at radius 1 is 1.04 bits per heavy atom. The lowest BCUT2D eigenvalue weighted by atomic mass is 9.76. The van der Waals surface area contributed by atoms with Crippen molar-refractivity contribution in [1.29, 1.82) is 0 Å². The van der Waals surface area contributed by atoms with Crippen molar-refractivity contribution in [2.24, 2.45) is 17.3 Å². The summed E-state index contributed by atoms with van der Waals surface area (Å²) in [7, 11) is -3.93. The van der Waals surface area contributed by atoms with Crippen LogP contribution >= 0.6 is 0 Å². The van der Waals surface area contributed by atoms with Gasteiger partial charge in [0.05, 0.1) is 23.9 Å². The Balaban J connectivity index is 1.26. The first-order valence-corrected chi connectivity index (χ1v) is 19.3. The van der Waals surface area contributed by atoms with Crippen molar-refractivity contribution in [3.8, 4) is 0 Å². The van der Waals surface area contributed by atoms with Gasteiger partial charge < -0.3 is 15.0 Å². The van der Waals surface area contributed by atoms with Gasteiger partial charge in [-0.3, -0.25) is 24.0 Å². The fourth-order valence-corrected chi connectivity index (χ4v) is 8.84. The number of sulfonamides is 1. The Morgan fingerprint density at radius 2 is 1.74 bits per heavy atom. The number of alkyl halides is 3. The fraction of sp³-hybridized carbons (Fsp3) is 0.568. The molecule has 5 atom stereocenters. The van der Waals surface area contributed by atoms with Crippen molar-refractivity contribution in [3.05, 3.63) is 70.5 Å². The highest BCUT2D eigenvalue weighted by molar-refractivity contribution is 7.91. The number of hydrogen-bond donors (Lipinski definition) is 2. The van der Waals surface area contributed by atoms with Gasteiger partial charge in [-0.2, -0.15) is 13.2 Å². The van der Waals surface area contributed by atoms with E-state index in [2.05, 4.69) is 10.0 Å². The summed E-state index contributed by atoms with van der Waals surface area (Å²) in [6.07, 6.45) is -5.20. The van der Waals surface area contributed by atoms with Crippen LogP contribution in [0, 0.1) is 23.1 Å². The number of carbonyl (C=O) groups is 4. The molecule has 2 aromatic carbocycles. The number of carbonyl (C=O) groups excluding carboxylic acids is 4. The SMILES string of the molecule is CC[C@@H]1C[C@]1(NC(=O)[C@@H]1C[C@@H](OC(=O)N2Cc3cccc(F)c3C2)CN1C(=O)[C@@H](Cc1cccc(C(F)(F)F)c1)C(C)(C)C)C(=O)NS(=O)(=O)C1CC1. The Labute approximate surface area is 305 Å². The number of rotatable bonds is 10. The van der Waals surface area contributed by atoms with Crippen molar-refractivity contribution >= 4 is 33.8 Å². The number of ether oxygens (including phenoxy) is 1. The molecule has 0 spiro atoms. The van der Waals surface area contributed by atoms with Crippen LogP contribution in [0.4, 0.5) is 22.4 Å². The van der Waals surface area contributed by atoms with Gasteiger partial charge in [-0.05, 0) is 60.3 Å². The van der Waals surface area contributed by atoms with E-state index in [1.54, 1.807) is 33.8 Å². The molecule has 4 aliphatic rings.